The van der Waals surface area contributed by atoms with Crippen molar-refractivity contribution >= 4 is 23.6 Å². The Hall–Kier alpha value is -4.74. The van der Waals surface area contributed by atoms with Crippen LogP contribution in [0, 0.1) is 5.92 Å². The van der Waals surface area contributed by atoms with E-state index in [2.05, 4.69) is 31.6 Å². The average molecular weight is 576 g/mol. The highest BCUT2D eigenvalue weighted by Crippen LogP contribution is 2.14. The van der Waals surface area contributed by atoms with Gasteiger partial charge in [-0.2, -0.15) is 0 Å². The Morgan fingerprint density at radius 3 is 2.38 bits per heavy atom. The van der Waals surface area contributed by atoms with Crippen molar-refractivity contribution in [2.24, 2.45) is 5.92 Å². The summed E-state index contributed by atoms with van der Waals surface area (Å²) in [4.78, 5) is 52.5. The quantitative estimate of drug-likeness (QED) is 0.338. The summed E-state index contributed by atoms with van der Waals surface area (Å²) in [5.74, 6) is -1.40. The second kappa shape index (κ2) is 14.2. The molecule has 1 aromatic heterocycles. The molecule has 2 aliphatic rings. The lowest BCUT2D eigenvalue weighted by molar-refractivity contribution is -0.134. The molecule has 4 amide bonds. The minimum Gasteiger partial charge on any atom is -0.492 e. The Morgan fingerprint density at radius 2 is 1.67 bits per heavy atom. The number of aromatic nitrogens is 3. The highest BCUT2D eigenvalue weighted by Gasteiger charge is 2.30. The van der Waals surface area contributed by atoms with Gasteiger partial charge in [-0.25, -0.2) is 4.68 Å². The van der Waals surface area contributed by atoms with Crippen LogP contribution in [0.2, 0.25) is 0 Å². The van der Waals surface area contributed by atoms with Gasteiger partial charge in [-0.15, -0.1) is 5.10 Å². The van der Waals surface area contributed by atoms with E-state index in [1.807, 2.05) is 30.3 Å². The Balaban J connectivity index is 1.56. The number of benzene rings is 2. The molecule has 2 aliphatic heterocycles. The van der Waals surface area contributed by atoms with Gasteiger partial charge in [-0.05, 0) is 36.1 Å². The molecule has 5 rings (SSSR count). The number of hydrogen-bond acceptors (Lipinski definition) is 7. The van der Waals surface area contributed by atoms with E-state index >= 15 is 0 Å². The summed E-state index contributed by atoms with van der Waals surface area (Å²) in [5, 5.41) is 19.2. The molecule has 0 saturated carbocycles. The van der Waals surface area contributed by atoms with Gasteiger partial charge in [-0.1, -0.05) is 61.5 Å². The van der Waals surface area contributed by atoms with E-state index in [1.165, 1.54) is 0 Å². The predicted molar refractivity (Wildman–Crippen MR) is 154 cm³/mol. The van der Waals surface area contributed by atoms with Crippen molar-refractivity contribution in [3.8, 4) is 5.75 Å². The van der Waals surface area contributed by atoms with Gasteiger partial charge < -0.3 is 26.0 Å². The molecule has 2 aromatic carbocycles. The minimum absolute atomic E-state index is 0.0568. The molecule has 3 heterocycles. The third kappa shape index (κ3) is 8.63. The van der Waals surface area contributed by atoms with E-state index in [-0.39, 0.29) is 31.2 Å². The maximum atomic E-state index is 13.5. The van der Waals surface area contributed by atoms with Crippen LogP contribution >= 0.6 is 0 Å². The number of nitrogens with one attached hydrogen (secondary N) is 4. The molecule has 222 valence electrons. The fourth-order valence-electron chi connectivity index (χ4n) is 4.47. The zero-order valence-corrected chi connectivity index (χ0v) is 24.0. The Bertz CT molecular complexity index is 1370. The van der Waals surface area contributed by atoms with Crippen molar-refractivity contribution in [2.45, 2.75) is 64.8 Å². The number of carbonyl (C=O) groups is 4. The van der Waals surface area contributed by atoms with Crippen LogP contribution in [0.3, 0.4) is 0 Å². The lowest BCUT2D eigenvalue weighted by atomic mass is 10.0. The first kappa shape index (κ1) is 30.2. The van der Waals surface area contributed by atoms with Crippen molar-refractivity contribution in [2.75, 3.05) is 6.61 Å². The van der Waals surface area contributed by atoms with Crippen LogP contribution in [0.1, 0.15) is 37.6 Å². The van der Waals surface area contributed by atoms with Crippen molar-refractivity contribution in [1.29, 1.82) is 0 Å². The Morgan fingerprint density at radius 1 is 0.929 bits per heavy atom. The smallest absolute Gasteiger partial charge is 0.243 e. The fourth-order valence-corrected chi connectivity index (χ4v) is 4.47. The number of rotatable bonds is 3. The molecular weight excluding hydrogens is 538 g/mol. The summed E-state index contributed by atoms with van der Waals surface area (Å²) >= 11 is 0. The lowest BCUT2D eigenvalue weighted by Crippen LogP contribution is -2.58. The standard InChI is InChI=1S/C30H37N7O5/c1-19(2)27-30(41)32-20(3)28(39)31-17-23-18-37(36-35-23)13-14-42-24-11-9-22(10-12-24)16-26(38)33-25(29(40)34-27)15-21-7-5-4-6-8-21/h4-12,18-20,25,27H,13-17H2,1-3H3,(H,31,39)(H,32,41)(H,33,38)(H,34,40)/t20-,25-,27+/m1/s1. The molecule has 42 heavy (non-hydrogen) atoms. The summed E-state index contributed by atoms with van der Waals surface area (Å²) < 4.78 is 7.41. The zero-order chi connectivity index (χ0) is 30.1. The largest absolute Gasteiger partial charge is 0.492 e. The van der Waals surface area contributed by atoms with Gasteiger partial charge in [0.1, 0.15) is 36.2 Å². The molecule has 12 nitrogen and oxygen atoms in total. The van der Waals surface area contributed by atoms with Crippen molar-refractivity contribution in [1.82, 2.24) is 36.3 Å². The maximum absolute atomic E-state index is 13.5. The van der Waals surface area contributed by atoms with Crippen molar-refractivity contribution < 1.29 is 23.9 Å². The third-order valence-electron chi connectivity index (χ3n) is 6.84. The van der Waals surface area contributed by atoms with Crippen molar-refractivity contribution in [3.63, 3.8) is 0 Å². The average Bonchev–Trinajstić information content (AvgIpc) is 3.42. The Kier molecular flexibility index (Phi) is 10.2. The summed E-state index contributed by atoms with van der Waals surface area (Å²) in [6, 6.07) is 13.8. The van der Waals surface area contributed by atoms with Crippen LogP contribution < -0.4 is 26.0 Å². The number of ether oxygens (including phenoxy) is 1. The van der Waals surface area contributed by atoms with E-state index in [4.69, 9.17) is 4.74 Å². The number of amides is 4. The first-order chi connectivity index (χ1) is 20.2. The molecular formula is C30H37N7O5. The zero-order valence-electron chi connectivity index (χ0n) is 24.0. The van der Waals surface area contributed by atoms with Crippen LogP contribution in [0.5, 0.6) is 5.75 Å². The van der Waals surface area contributed by atoms with Crippen LogP contribution in [0.25, 0.3) is 0 Å². The van der Waals surface area contributed by atoms with Gasteiger partial charge in [0.2, 0.25) is 23.6 Å². The van der Waals surface area contributed by atoms with E-state index in [1.54, 1.807) is 55.9 Å². The van der Waals surface area contributed by atoms with Gasteiger partial charge in [0.05, 0.1) is 25.7 Å². The number of fused-ring (bicyclic) bond motifs is 16. The fraction of sp³-hybridized carbons (Fsp3) is 0.400. The van der Waals surface area contributed by atoms with Crippen LogP contribution in [-0.2, 0) is 45.1 Å². The summed E-state index contributed by atoms with van der Waals surface area (Å²) in [6.45, 7) is 6.06. The van der Waals surface area contributed by atoms with E-state index in [9.17, 15) is 19.2 Å². The van der Waals surface area contributed by atoms with E-state index in [0.717, 1.165) is 11.1 Å². The first-order valence-corrected chi connectivity index (χ1v) is 14.0. The molecule has 4 bridgehead atoms. The summed E-state index contributed by atoms with van der Waals surface area (Å²) in [5.41, 5.74) is 2.16. The molecule has 0 saturated heterocycles. The molecule has 12 heteroatoms. The molecule has 3 atom stereocenters. The van der Waals surface area contributed by atoms with Crippen LogP contribution in [0.4, 0.5) is 0 Å². The van der Waals surface area contributed by atoms with Gasteiger partial charge in [0.25, 0.3) is 0 Å². The second-order valence-electron chi connectivity index (χ2n) is 10.6. The first-order valence-electron chi connectivity index (χ1n) is 14.0. The van der Waals surface area contributed by atoms with E-state index in [0.29, 0.717) is 24.6 Å². The highest BCUT2D eigenvalue weighted by molar-refractivity contribution is 5.94. The maximum Gasteiger partial charge on any atom is 0.243 e. The van der Waals surface area contributed by atoms with Gasteiger partial charge >= 0.3 is 0 Å². The van der Waals surface area contributed by atoms with Crippen molar-refractivity contribution in [3.05, 3.63) is 77.6 Å². The molecule has 0 radical (unpaired) electrons. The van der Waals surface area contributed by atoms with Gasteiger partial charge in [0.15, 0.2) is 0 Å². The normalized spacial score (nSPS) is 21.1. The SMILES string of the molecule is CC(C)[C@@H]1NC(=O)[C@@H](Cc2ccccc2)NC(=O)Cc2ccc(cc2)OCCn2cc(nn2)CNC(=O)[C@@H](C)NC1=O. The molecule has 3 aromatic rings. The third-order valence-corrected chi connectivity index (χ3v) is 6.84. The molecule has 0 spiro atoms. The predicted octanol–water partition coefficient (Wildman–Crippen LogP) is 0.902. The molecule has 0 fully saturated rings. The lowest BCUT2D eigenvalue weighted by Gasteiger charge is -2.26. The molecule has 0 aliphatic carbocycles. The Labute approximate surface area is 244 Å². The monoisotopic (exact) mass is 575 g/mol. The minimum atomic E-state index is -0.933. The topological polar surface area (TPSA) is 156 Å². The van der Waals surface area contributed by atoms with Crippen LogP contribution in [-0.4, -0.2) is 63.4 Å². The summed E-state index contributed by atoms with van der Waals surface area (Å²) in [6.07, 6.45) is 2.00. The number of hydrogen-bond donors (Lipinski definition) is 4. The van der Waals surface area contributed by atoms with Crippen LogP contribution in [0.15, 0.2) is 60.8 Å². The van der Waals surface area contributed by atoms with Gasteiger partial charge in [0, 0.05) is 6.42 Å². The highest BCUT2D eigenvalue weighted by atomic mass is 16.5. The van der Waals surface area contributed by atoms with Gasteiger partial charge in [-0.3, -0.25) is 19.2 Å². The van der Waals surface area contributed by atoms with E-state index < -0.39 is 35.8 Å². The summed E-state index contributed by atoms with van der Waals surface area (Å²) in [7, 11) is 0. The second-order valence-corrected chi connectivity index (χ2v) is 10.6. The number of nitrogens with zero attached hydrogens (tertiary/aromatic N) is 3. The number of carbonyl (C=O) groups excluding carboxylic acids is 4. The molecule has 4 N–H and O–H groups in total. The molecule has 0 unspecified atom stereocenters.